The van der Waals surface area contributed by atoms with Gasteiger partial charge in [-0.05, 0) is 17.4 Å². The van der Waals surface area contributed by atoms with Crippen LogP contribution in [0.3, 0.4) is 0 Å². The van der Waals surface area contributed by atoms with E-state index in [1.165, 1.54) is 25.7 Å². The molecule has 1 N–H and O–H groups in total. The molecule has 0 radical (unpaired) electrons. The Bertz CT molecular complexity index is 109. The van der Waals surface area contributed by atoms with E-state index in [2.05, 4.69) is 6.92 Å². The van der Waals surface area contributed by atoms with Crippen LogP contribution in [-0.2, 0) is 25.6 Å². The maximum atomic E-state index is 10.2. The van der Waals surface area contributed by atoms with Crippen LogP contribution < -0.4 is 0 Å². The summed E-state index contributed by atoms with van der Waals surface area (Å²) in [6, 6.07) is 0. The van der Waals surface area contributed by atoms with Gasteiger partial charge in [0.2, 0.25) is 0 Å². The Morgan fingerprint density at radius 1 is 1.08 bits per heavy atom. The van der Waals surface area contributed by atoms with Crippen molar-refractivity contribution < 1.29 is 30.5 Å². The molecule has 1 unspecified atom stereocenters. The molecular formula is C8H18MoO2P+. The van der Waals surface area contributed by atoms with E-state index in [0.717, 1.165) is 12.8 Å². The van der Waals surface area contributed by atoms with Crippen LogP contribution in [-0.4, -0.2) is 11.1 Å². The van der Waals surface area contributed by atoms with Crippen LogP contribution in [0.4, 0.5) is 0 Å². The molecule has 72 valence electrons. The summed E-state index contributed by atoms with van der Waals surface area (Å²) in [6.45, 7) is 2.19. The normalized spacial score (nSPS) is 10.7. The zero-order chi connectivity index (χ0) is 8.53. The first kappa shape index (κ1) is 15.2. The largest absolute Gasteiger partial charge is 0.505 e. The van der Waals surface area contributed by atoms with E-state index in [9.17, 15) is 4.57 Å². The Kier molecular flexibility index (Phi) is 14.9. The molecule has 0 aromatic rings. The van der Waals surface area contributed by atoms with E-state index in [1.54, 1.807) is 0 Å². The van der Waals surface area contributed by atoms with Crippen LogP contribution in [0.2, 0.25) is 0 Å². The van der Waals surface area contributed by atoms with Gasteiger partial charge in [0.25, 0.3) is 0 Å². The van der Waals surface area contributed by atoms with Gasteiger partial charge in [-0.3, -0.25) is 0 Å². The Balaban J connectivity index is 0. The number of hydrogen-bond acceptors (Lipinski definition) is 1. The SMILES string of the molecule is CCCCCCCC[P+](=O)O.[Mo]. The fourth-order valence-corrected chi connectivity index (χ4v) is 1.52. The Hall–Kier alpha value is 0.748. The van der Waals surface area contributed by atoms with E-state index in [4.69, 9.17) is 4.89 Å². The third kappa shape index (κ3) is 13.3. The van der Waals surface area contributed by atoms with E-state index in [-0.39, 0.29) is 21.1 Å². The van der Waals surface area contributed by atoms with Gasteiger partial charge < -0.3 is 0 Å². The summed E-state index contributed by atoms with van der Waals surface area (Å²) in [5.74, 6) is 0. The van der Waals surface area contributed by atoms with Crippen LogP contribution in [0.1, 0.15) is 45.4 Å². The monoisotopic (exact) mass is 275 g/mol. The van der Waals surface area contributed by atoms with Crippen molar-refractivity contribution in [1.82, 2.24) is 0 Å². The Morgan fingerprint density at radius 3 is 2.08 bits per heavy atom. The number of unbranched alkanes of at least 4 members (excludes halogenated alkanes) is 5. The molecule has 0 amide bonds. The number of hydrogen-bond donors (Lipinski definition) is 1. The van der Waals surface area contributed by atoms with Crippen LogP contribution in [0.15, 0.2) is 0 Å². The second kappa shape index (κ2) is 11.7. The van der Waals surface area contributed by atoms with Gasteiger partial charge in [-0.15, -0.1) is 0 Å². The second-order valence-corrected chi connectivity index (χ2v) is 4.00. The summed E-state index contributed by atoms with van der Waals surface area (Å²) in [5.41, 5.74) is 0. The predicted molar refractivity (Wildman–Crippen MR) is 48.1 cm³/mol. The first-order valence-corrected chi connectivity index (χ1v) is 5.80. The third-order valence-electron chi connectivity index (χ3n) is 1.70. The van der Waals surface area contributed by atoms with Crippen molar-refractivity contribution in [1.29, 1.82) is 0 Å². The topological polar surface area (TPSA) is 37.3 Å². The molecule has 12 heavy (non-hydrogen) atoms. The van der Waals surface area contributed by atoms with Gasteiger partial charge in [-0.2, -0.15) is 4.89 Å². The van der Waals surface area contributed by atoms with Gasteiger partial charge in [0.05, 0.1) is 0 Å². The van der Waals surface area contributed by atoms with Gasteiger partial charge in [-0.1, -0.05) is 32.6 Å². The van der Waals surface area contributed by atoms with Gasteiger partial charge in [0.15, 0.2) is 6.16 Å². The summed E-state index contributed by atoms with van der Waals surface area (Å²) in [4.78, 5) is 8.46. The van der Waals surface area contributed by atoms with Gasteiger partial charge in [-0.25, -0.2) is 0 Å². The zero-order valence-corrected chi connectivity index (χ0v) is 10.6. The molecule has 0 aromatic heterocycles. The van der Waals surface area contributed by atoms with Crippen LogP contribution >= 0.6 is 8.03 Å². The minimum absolute atomic E-state index is 0. The first-order chi connectivity index (χ1) is 5.27. The molecule has 0 fully saturated rings. The van der Waals surface area contributed by atoms with Crippen molar-refractivity contribution in [2.75, 3.05) is 6.16 Å². The zero-order valence-electron chi connectivity index (χ0n) is 7.66. The minimum atomic E-state index is -1.87. The van der Waals surface area contributed by atoms with E-state index < -0.39 is 8.03 Å². The molecule has 0 saturated carbocycles. The number of rotatable bonds is 7. The maximum Gasteiger partial charge on any atom is 0.505 e. The molecule has 0 rings (SSSR count). The van der Waals surface area contributed by atoms with Crippen molar-refractivity contribution >= 4 is 8.03 Å². The molecule has 0 saturated heterocycles. The average molecular weight is 273 g/mol. The third-order valence-corrected chi connectivity index (χ3v) is 2.40. The summed E-state index contributed by atoms with van der Waals surface area (Å²) in [6.07, 6.45) is 7.56. The summed E-state index contributed by atoms with van der Waals surface area (Å²) < 4.78 is 10.2. The molecule has 4 heteroatoms. The van der Waals surface area contributed by atoms with Gasteiger partial charge in [0, 0.05) is 21.1 Å². The first-order valence-electron chi connectivity index (χ1n) is 4.41. The molecule has 0 aromatic carbocycles. The Labute approximate surface area is 90.3 Å². The molecule has 0 aliphatic rings. The standard InChI is InChI=1S/C8H17O2P.Mo/c1-2-3-4-5-6-7-8-11(9)10;/h2-8H2,1H3;/p+1. The smallest absolute Gasteiger partial charge is 0.161 e. The quantitative estimate of drug-likeness (QED) is 0.439. The fraction of sp³-hybridized carbons (Fsp3) is 1.00. The van der Waals surface area contributed by atoms with Crippen molar-refractivity contribution in [3.05, 3.63) is 0 Å². The van der Waals surface area contributed by atoms with Gasteiger partial charge in [0.1, 0.15) is 0 Å². The van der Waals surface area contributed by atoms with Crippen LogP contribution in [0, 0.1) is 0 Å². The van der Waals surface area contributed by atoms with Crippen LogP contribution in [0.25, 0.3) is 0 Å². The van der Waals surface area contributed by atoms with Crippen molar-refractivity contribution in [3.63, 3.8) is 0 Å². The molecule has 2 nitrogen and oxygen atoms in total. The second-order valence-electron chi connectivity index (χ2n) is 2.84. The molecule has 0 bridgehead atoms. The van der Waals surface area contributed by atoms with Crippen molar-refractivity contribution in [2.45, 2.75) is 45.4 Å². The van der Waals surface area contributed by atoms with Crippen molar-refractivity contribution in [3.8, 4) is 0 Å². The Morgan fingerprint density at radius 2 is 1.58 bits per heavy atom. The van der Waals surface area contributed by atoms with Crippen LogP contribution in [0.5, 0.6) is 0 Å². The summed E-state index contributed by atoms with van der Waals surface area (Å²) in [7, 11) is -1.87. The predicted octanol–water partition coefficient (Wildman–Crippen LogP) is 3.08. The summed E-state index contributed by atoms with van der Waals surface area (Å²) >= 11 is 0. The van der Waals surface area contributed by atoms with E-state index in [1.807, 2.05) is 0 Å². The van der Waals surface area contributed by atoms with E-state index >= 15 is 0 Å². The molecule has 0 aliphatic carbocycles. The molecular weight excluding hydrogens is 255 g/mol. The van der Waals surface area contributed by atoms with Crippen molar-refractivity contribution in [2.24, 2.45) is 0 Å². The average Bonchev–Trinajstić information content (AvgIpc) is 1.96. The molecule has 1 atom stereocenters. The molecule has 0 heterocycles. The van der Waals surface area contributed by atoms with Gasteiger partial charge >= 0.3 is 8.03 Å². The maximum absolute atomic E-state index is 10.2. The fourth-order valence-electron chi connectivity index (χ4n) is 1.03. The molecule has 0 spiro atoms. The van der Waals surface area contributed by atoms with E-state index in [0.29, 0.717) is 6.16 Å². The summed E-state index contributed by atoms with van der Waals surface area (Å²) in [5, 5.41) is 0. The minimum Gasteiger partial charge on any atom is -0.161 e. The molecule has 0 aliphatic heterocycles.